The average Bonchev–Trinajstić information content (AvgIpc) is 2.89. The van der Waals surface area contributed by atoms with Gasteiger partial charge in [-0.1, -0.05) is 132 Å². The van der Waals surface area contributed by atoms with Crippen LogP contribution in [-0.2, 0) is 10.8 Å². The Morgan fingerprint density at radius 2 is 1.34 bits per heavy atom. The van der Waals surface area contributed by atoms with E-state index in [4.69, 9.17) is 22.8 Å². The number of unbranched alkanes of at least 4 members (excludes halogenated alkanes) is 10. The van der Waals surface area contributed by atoms with Gasteiger partial charge in [-0.05, 0) is 42.2 Å². The van der Waals surface area contributed by atoms with Crippen molar-refractivity contribution in [1.29, 1.82) is 0 Å². The number of phenols is 1. The highest BCUT2D eigenvalue weighted by Gasteiger charge is 2.30. The Morgan fingerprint density at radius 3 is 1.85 bits per heavy atom. The van der Waals surface area contributed by atoms with Crippen molar-refractivity contribution in [3.8, 4) is 5.75 Å². The lowest BCUT2D eigenvalue weighted by atomic mass is 9.78. The van der Waals surface area contributed by atoms with Gasteiger partial charge in [-0.2, -0.15) is 4.99 Å². The molecule has 1 aromatic carbocycles. The fraction of sp³-hybridized carbons (Fsp3) is 0.735. The molecule has 2 N–H and O–H groups in total. The maximum atomic E-state index is 13.7. The molecule has 1 heterocycles. The van der Waals surface area contributed by atoms with Crippen molar-refractivity contribution >= 4 is 30.5 Å². The standard InChI is InChI=1S/C34H58N4O2S/c1-9-11-13-15-17-19-21-28-35-29(22-20-18-16-14-12-10-2)38(41)32(36-28)37-31(40)25-23-26(33(3,4)5)30(39)27(24-25)34(6,7)8/h23-24,29,39,41H,9-22H2,1-8H3,(H,35,36,37,40). The molecule has 232 valence electrons. The molecule has 0 aliphatic carbocycles. The van der Waals surface area contributed by atoms with Crippen LogP contribution >= 0.6 is 12.8 Å². The number of phenolic OH excluding ortho intramolecular Hbond substituents is 1. The minimum absolute atomic E-state index is 0.150. The molecule has 0 saturated heterocycles. The van der Waals surface area contributed by atoms with Crippen LogP contribution in [0.3, 0.4) is 0 Å². The topological polar surface area (TPSA) is 77.3 Å². The summed E-state index contributed by atoms with van der Waals surface area (Å²) in [5.41, 5.74) is 1.38. The molecule has 1 atom stereocenters. The van der Waals surface area contributed by atoms with Gasteiger partial charge >= 0.3 is 0 Å². The van der Waals surface area contributed by atoms with E-state index >= 15 is 0 Å². The van der Waals surface area contributed by atoms with Crippen LogP contribution in [0.4, 0.5) is 0 Å². The molecule has 0 spiro atoms. The summed E-state index contributed by atoms with van der Waals surface area (Å²) in [6.45, 7) is 16.8. The van der Waals surface area contributed by atoms with E-state index in [2.05, 4.69) is 60.7 Å². The third-order valence-corrected chi connectivity index (χ3v) is 8.27. The SMILES string of the molecule is CCCCCCCCC1=NC(CCCCCCCC)N(S)C(NC(=O)c2cc(C(C)(C)C)c(O)c(C(C)(C)C)c2)=N1. The Balaban J connectivity index is 2.26. The maximum absolute atomic E-state index is 13.7. The molecule has 0 saturated carbocycles. The van der Waals surface area contributed by atoms with Crippen LogP contribution in [0.25, 0.3) is 0 Å². The number of nitrogens with one attached hydrogen (secondary N) is 1. The number of guanidine groups is 1. The normalized spacial score (nSPS) is 16.0. The van der Waals surface area contributed by atoms with Gasteiger partial charge in [-0.3, -0.25) is 14.4 Å². The number of aromatic hydroxyl groups is 1. The molecular formula is C34H58N4O2S. The quantitative estimate of drug-likeness (QED) is 0.141. The number of rotatable bonds is 15. The molecule has 1 amide bonds. The second kappa shape index (κ2) is 16.6. The van der Waals surface area contributed by atoms with Crippen molar-refractivity contribution in [2.24, 2.45) is 9.98 Å². The summed E-state index contributed by atoms with van der Waals surface area (Å²) in [5.74, 6) is 1.25. The fourth-order valence-electron chi connectivity index (χ4n) is 5.22. The Hall–Kier alpha value is -2.02. The number of hydrogen-bond acceptors (Lipinski definition) is 6. The number of benzene rings is 1. The van der Waals surface area contributed by atoms with Gasteiger partial charge < -0.3 is 5.11 Å². The summed E-state index contributed by atoms with van der Waals surface area (Å²) in [6, 6.07) is 3.62. The third kappa shape index (κ3) is 11.3. The van der Waals surface area contributed by atoms with Crippen molar-refractivity contribution in [3.05, 3.63) is 28.8 Å². The van der Waals surface area contributed by atoms with E-state index < -0.39 is 0 Å². The van der Waals surface area contributed by atoms with Crippen molar-refractivity contribution in [2.45, 2.75) is 162 Å². The number of nitrogens with zero attached hydrogens (tertiary/aromatic N) is 3. The van der Waals surface area contributed by atoms with Crippen LogP contribution in [-0.4, -0.2) is 33.3 Å². The van der Waals surface area contributed by atoms with Gasteiger partial charge in [0.2, 0.25) is 5.96 Å². The Bertz CT molecular complexity index is 1000. The minimum Gasteiger partial charge on any atom is -0.507 e. The zero-order valence-electron chi connectivity index (χ0n) is 27.3. The number of aliphatic imine (C=N–C) groups is 2. The van der Waals surface area contributed by atoms with Crippen LogP contribution in [0.2, 0.25) is 0 Å². The van der Waals surface area contributed by atoms with Crippen molar-refractivity contribution in [2.75, 3.05) is 0 Å². The van der Waals surface area contributed by atoms with E-state index in [1.807, 2.05) is 12.1 Å². The van der Waals surface area contributed by atoms with Gasteiger partial charge in [0.25, 0.3) is 5.91 Å². The van der Waals surface area contributed by atoms with Gasteiger partial charge in [0.05, 0.1) is 0 Å². The zero-order valence-corrected chi connectivity index (χ0v) is 28.2. The molecular weight excluding hydrogens is 528 g/mol. The Morgan fingerprint density at radius 1 is 0.854 bits per heavy atom. The summed E-state index contributed by atoms with van der Waals surface area (Å²) in [6.07, 6.45) is 16.1. The van der Waals surface area contributed by atoms with E-state index in [1.165, 1.54) is 64.2 Å². The van der Waals surface area contributed by atoms with E-state index in [1.54, 1.807) is 4.31 Å². The van der Waals surface area contributed by atoms with Crippen molar-refractivity contribution < 1.29 is 9.90 Å². The lowest BCUT2D eigenvalue weighted by Crippen LogP contribution is -2.46. The molecule has 0 aromatic heterocycles. The molecule has 1 aromatic rings. The van der Waals surface area contributed by atoms with Gasteiger partial charge in [0.15, 0.2) is 0 Å². The molecule has 0 fully saturated rings. The van der Waals surface area contributed by atoms with Crippen LogP contribution < -0.4 is 5.32 Å². The van der Waals surface area contributed by atoms with E-state index in [0.29, 0.717) is 11.5 Å². The molecule has 41 heavy (non-hydrogen) atoms. The summed E-state index contributed by atoms with van der Waals surface area (Å²) in [4.78, 5) is 23.4. The smallest absolute Gasteiger partial charge is 0.258 e. The van der Waals surface area contributed by atoms with Crippen molar-refractivity contribution in [1.82, 2.24) is 9.62 Å². The fourth-order valence-corrected chi connectivity index (χ4v) is 5.48. The maximum Gasteiger partial charge on any atom is 0.258 e. The molecule has 2 rings (SSSR count). The summed E-state index contributed by atoms with van der Waals surface area (Å²) >= 11 is 4.77. The summed E-state index contributed by atoms with van der Waals surface area (Å²) in [7, 11) is 0. The lowest BCUT2D eigenvalue weighted by molar-refractivity contribution is 0.0973. The van der Waals surface area contributed by atoms with Gasteiger partial charge in [0, 0.05) is 23.1 Å². The molecule has 6 nitrogen and oxygen atoms in total. The Kier molecular flexibility index (Phi) is 14.2. The third-order valence-electron chi connectivity index (χ3n) is 7.82. The monoisotopic (exact) mass is 586 g/mol. The number of hydrogen-bond donors (Lipinski definition) is 3. The van der Waals surface area contributed by atoms with E-state index in [9.17, 15) is 9.90 Å². The van der Waals surface area contributed by atoms with E-state index in [-0.39, 0.29) is 28.7 Å². The number of thiol groups is 1. The zero-order chi connectivity index (χ0) is 30.6. The van der Waals surface area contributed by atoms with Crippen molar-refractivity contribution in [3.63, 3.8) is 0 Å². The largest absolute Gasteiger partial charge is 0.507 e. The molecule has 1 aliphatic rings. The second-order valence-corrected chi connectivity index (χ2v) is 14.2. The number of carbonyl (C=O) groups is 1. The molecule has 1 unspecified atom stereocenters. The number of amides is 1. The first kappa shape index (κ1) is 35.2. The first-order valence-corrected chi connectivity index (χ1v) is 16.5. The number of amidine groups is 1. The predicted molar refractivity (Wildman–Crippen MR) is 178 cm³/mol. The van der Waals surface area contributed by atoms with Crippen LogP contribution in [0, 0.1) is 0 Å². The molecule has 7 heteroatoms. The molecule has 0 radical (unpaired) electrons. The average molecular weight is 587 g/mol. The number of carbonyl (C=O) groups excluding carboxylic acids is 1. The highest BCUT2D eigenvalue weighted by Crippen LogP contribution is 2.39. The minimum atomic E-state index is -0.322. The van der Waals surface area contributed by atoms with Crippen LogP contribution in [0.5, 0.6) is 5.75 Å². The van der Waals surface area contributed by atoms with E-state index in [0.717, 1.165) is 42.6 Å². The first-order valence-electron chi connectivity index (χ1n) is 16.1. The Labute approximate surface area is 256 Å². The lowest BCUT2D eigenvalue weighted by Gasteiger charge is -2.31. The van der Waals surface area contributed by atoms with Gasteiger partial charge in [-0.15, -0.1) is 0 Å². The van der Waals surface area contributed by atoms with Gasteiger partial charge in [0.1, 0.15) is 17.8 Å². The molecule has 1 aliphatic heterocycles. The van der Waals surface area contributed by atoms with Crippen LogP contribution in [0.1, 0.15) is 167 Å². The molecule has 0 bridgehead atoms. The summed E-state index contributed by atoms with van der Waals surface area (Å²) in [5, 5.41) is 14.2. The van der Waals surface area contributed by atoms with Crippen LogP contribution in [0.15, 0.2) is 22.1 Å². The first-order chi connectivity index (χ1) is 19.3. The summed E-state index contributed by atoms with van der Waals surface area (Å²) < 4.78 is 1.73. The highest BCUT2D eigenvalue weighted by molar-refractivity contribution is 7.78. The highest BCUT2D eigenvalue weighted by atomic mass is 32.1. The second-order valence-electron chi connectivity index (χ2n) is 13.8. The predicted octanol–water partition coefficient (Wildman–Crippen LogP) is 9.46. The van der Waals surface area contributed by atoms with Gasteiger partial charge in [-0.25, -0.2) is 4.99 Å².